The third kappa shape index (κ3) is 4.48. The maximum Gasteiger partial charge on any atom is 0.127 e. The molecule has 1 fully saturated rings. The molecule has 0 saturated carbocycles. The van der Waals surface area contributed by atoms with Crippen molar-refractivity contribution in [2.24, 2.45) is 0 Å². The molecule has 1 saturated heterocycles. The summed E-state index contributed by atoms with van der Waals surface area (Å²) in [5, 5.41) is 3.24. The van der Waals surface area contributed by atoms with Gasteiger partial charge in [0.1, 0.15) is 5.82 Å². The predicted octanol–water partition coefficient (Wildman–Crippen LogP) is 2.92. The van der Waals surface area contributed by atoms with Crippen LogP contribution in [0.3, 0.4) is 0 Å². The molecule has 0 radical (unpaired) electrons. The van der Waals surface area contributed by atoms with Gasteiger partial charge >= 0.3 is 0 Å². The van der Waals surface area contributed by atoms with Crippen LogP contribution in [-0.2, 0) is 0 Å². The summed E-state index contributed by atoms with van der Waals surface area (Å²) in [7, 11) is 1.91. The van der Waals surface area contributed by atoms with Crippen LogP contribution in [0.25, 0.3) is 0 Å². The molecular weight excluding hydrogens is 259 g/mol. The molecule has 0 aromatic heterocycles. The van der Waals surface area contributed by atoms with Crippen LogP contribution < -0.4 is 5.32 Å². The van der Waals surface area contributed by atoms with Crippen LogP contribution in [0.1, 0.15) is 24.4 Å². The molecule has 1 aromatic carbocycles. The number of benzene rings is 1. The summed E-state index contributed by atoms with van der Waals surface area (Å²) in [6, 6.07) is 7.19. The number of thioether (sulfide) groups is 1. The van der Waals surface area contributed by atoms with Crippen LogP contribution in [0, 0.1) is 5.82 Å². The first-order chi connectivity index (χ1) is 9.31. The van der Waals surface area contributed by atoms with Crippen molar-refractivity contribution >= 4 is 11.8 Å². The van der Waals surface area contributed by atoms with E-state index in [0.717, 1.165) is 18.5 Å². The lowest BCUT2D eigenvalue weighted by molar-refractivity contribution is 0.276. The van der Waals surface area contributed by atoms with Gasteiger partial charge in [-0.1, -0.05) is 18.2 Å². The van der Waals surface area contributed by atoms with Gasteiger partial charge in [-0.15, -0.1) is 0 Å². The van der Waals surface area contributed by atoms with Crippen LogP contribution >= 0.6 is 11.8 Å². The smallest absolute Gasteiger partial charge is 0.127 e. The van der Waals surface area contributed by atoms with E-state index in [1.54, 1.807) is 12.1 Å². The Kier molecular flexibility index (Phi) is 6.14. The lowest BCUT2D eigenvalue weighted by Crippen LogP contribution is -2.30. The first-order valence-corrected chi connectivity index (χ1v) is 8.18. The molecule has 2 nitrogen and oxygen atoms in total. The average Bonchev–Trinajstić information content (AvgIpc) is 2.70. The van der Waals surface area contributed by atoms with Gasteiger partial charge in [0, 0.05) is 23.9 Å². The van der Waals surface area contributed by atoms with Gasteiger partial charge in [-0.25, -0.2) is 4.39 Å². The minimum absolute atomic E-state index is 0.103. The Morgan fingerprint density at radius 3 is 2.95 bits per heavy atom. The second-order valence-corrected chi connectivity index (χ2v) is 6.18. The van der Waals surface area contributed by atoms with Gasteiger partial charge in [-0.3, -0.25) is 0 Å². The van der Waals surface area contributed by atoms with Gasteiger partial charge in [-0.05, 0) is 44.8 Å². The summed E-state index contributed by atoms with van der Waals surface area (Å²) in [6.45, 7) is 3.39. The lowest BCUT2D eigenvalue weighted by Gasteiger charge is -2.23. The number of nitrogens with zero attached hydrogens (tertiary/aromatic N) is 1. The second kappa shape index (κ2) is 7.88. The molecule has 1 aliphatic heterocycles. The number of halogens is 1. The Bertz CT molecular complexity index is 378. The standard InChI is InChI=1S/C15H23FN2S/c1-17-15(13-5-2-3-6-14(13)16)7-9-18-8-4-11-19-12-10-18/h2-3,5-6,15,17H,4,7-12H2,1H3. The maximum atomic E-state index is 13.8. The fraction of sp³-hybridized carbons (Fsp3) is 0.600. The van der Waals surface area contributed by atoms with Gasteiger partial charge in [-0.2, -0.15) is 11.8 Å². The Labute approximate surface area is 119 Å². The first-order valence-electron chi connectivity index (χ1n) is 7.03. The highest BCUT2D eigenvalue weighted by Gasteiger charge is 2.16. The number of rotatable bonds is 5. The van der Waals surface area contributed by atoms with E-state index in [1.165, 1.54) is 31.0 Å². The zero-order valence-corrected chi connectivity index (χ0v) is 12.4. The monoisotopic (exact) mass is 282 g/mol. The van der Waals surface area contributed by atoms with Crippen molar-refractivity contribution in [3.8, 4) is 0 Å². The van der Waals surface area contributed by atoms with E-state index in [2.05, 4.69) is 10.2 Å². The third-order valence-corrected chi connectivity index (χ3v) is 4.73. The fourth-order valence-electron chi connectivity index (χ4n) is 2.55. The van der Waals surface area contributed by atoms with Crippen LogP contribution in [0.5, 0.6) is 0 Å². The Balaban J connectivity index is 1.90. The van der Waals surface area contributed by atoms with Crippen molar-refractivity contribution in [3.63, 3.8) is 0 Å². The second-order valence-electron chi connectivity index (χ2n) is 4.96. The highest BCUT2D eigenvalue weighted by molar-refractivity contribution is 7.99. The predicted molar refractivity (Wildman–Crippen MR) is 81.2 cm³/mol. The Hall–Kier alpha value is -0.580. The molecule has 19 heavy (non-hydrogen) atoms. The van der Waals surface area contributed by atoms with E-state index in [0.29, 0.717) is 0 Å². The maximum absolute atomic E-state index is 13.8. The zero-order chi connectivity index (χ0) is 13.5. The van der Waals surface area contributed by atoms with E-state index < -0.39 is 0 Å². The third-order valence-electron chi connectivity index (χ3n) is 3.68. The summed E-state index contributed by atoms with van der Waals surface area (Å²) in [5.74, 6) is 2.40. The quantitative estimate of drug-likeness (QED) is 0.894. The Morgan fingerprint density at radius 1 is 1.32 bits per heavy atom. The van der Waals surface area contributed by atoms with Crippen molar-refractivity contribution in [2.75, 3.05) is 38.2 Å². The minimum atomic E-state index is -0.103. The van der Waals surface area contributed by atoms with Crippen molar-refractivity contribution in [1.29, 1.82) is 0 Å². The molecule has 0 bridgehead atoms. The SMILES string of the molecule is CNC(CCN1CCCSCC1)c1ccccc1F. The molecule has 1 aromatic rings. The number of nitrogens with one attached hydrogen (secondary N) is 1. The molecule has 1 aliphatic rings. The topological polar surface area (TPSA) is 15.3 Å². The summed E-state index contributed by atoms with van der Waals surface area (Å²) in [4.78, 5) is 2.51. The number of hydrogen-bond donors (Lipinski definition) is 1. The van der Waals surface area contributed by atoms with Gasteiger partial charge < -0.3 is 10.2 Å². The summed E-state index contributed by atoms with van der Waals surface area (Å²) in [5.41, 5.74) is 0.786. The average molecular weight is 282 g/mol. The van der Waals surface area contributed by atoms with E-state index in [1.807, 2.05) is 30.9 Å². The van der Waals surface area contributed by atoms with Crippen LogP contribution in [0.15, 0.2) is 24.3 Å². The lowest BCUT2D eigenvalue weighted by atomic mass is 10.0. The van der Waals surface area contributed by atoms with E-state index in [4.69, 9.17) is 0 Å². The van der Waals surface area contributed by atoms with Crippen LogP contribution in [0.2, 0.25) is 0 Å². The van der Waals surface area contributed by atoms with Crippen LogP contribution in [-0.4, -0.2) is 43.1 Å². The summed E-state index contributed by atoms with van der Waals surface area (Å²) >= 11 is 2.04. The molecule has 4 heteroatoms. The molecule has 0 aliphatic carbocycles. The van der Waals surface area contributed by atoms with E-state index in [9.17, 15) is 4.39 Å². The molecular formula is C15H23FN2S. The summed E-state index contributed by atoms with van der Waals surface area (Å²) < 4.78 is 13.8. The molecule has 0 amide bonds. The molecule has 1 N–H and O–H groups in total. The molecule has 1 atom stereocenters. The molecule has 2 rings (SSSR count). The van der Waals surface area contributed by atoms with E-state index in [-0.39, 0.29) is 11.9 Å². The van der Waals surface area contributed by atoms with Gasteiger partial charge in [0.25, 0.3) is 0 Å². The van der Waals surface area contributed by atoms with Gasteiger partial charge in [0.2, 0.25) is 0 Å². The highest BCUT2D eigenvalue weighted by atomic mass is 32.2. The van der Waals surface area contributed by atoms with Crippen molar-refractivity contribution in [3.05, 3.63) is 35.6 Å². The molecule has 106 valence electrons. The highest BCUT2D eigenvalue weighted by Crippen LogP contribution is 2.20. The first kappa shape index (κ1) is 14.8. The van der Waals surface area contributed by atoms with Gasteiger partial charge in [0.05, 0.1) is 0 Å². The van der Waals surface area contributed by atoms with Gasteiger partial charge in [0.15, 0.2) is 0 Å². The van der Waals surface area contributed by atoms with Crippen LogP contribution in [0.4, 0.5) is 4.39 Å². The molecule has 0 spiro atoms. The molecule has 1 unspecified atom stereocenters. The zero-order valence-electron chi connectivity index (χ0n) is 11.6. The van der Waals surface area contributed by atoms with Crippen molar-refractivity contribution in [1.82, 2.24) is 10.2 Å². The number of hydrogen-bond acceptors (Lipinski definition) is 3. The normalized spacial score (nSPS) is 19.1. The summed E-state index contributed by atoms with van der Waals surface area (Å²) in [6.07, 6.45) is 2.23. The fourth-order valence-corrected chi connectivity index (χ4v) is 3.47. The van der Waals surface area contributed by atoms with Crippen molar-refractivity contribution < 1.29 is 4.39 Å². The van der Waals surface area contributed by atoms with Crippen molar-refractivity contribution in [2.45, 2.75) is 18.9 Å². The minimum Gasteiger partial charge on any atom is -0.313 e. The Morgan fingerprint density at radius 2 is 2.16 bits per heavy atom. The largest absolute Gasteiger partial charge is 0.313 e. The molecule has 1 heterocycles. The van der Waals surface area contributed by atoms with E-state index >= 15 is 0 Å².